The highest BCUT2D eigenvalue weighted by Gasteiger charge is 2.48. The third-order valence-electron chi connectivity index (χ3n) is 18.0. The van der Waals surface area contributed by atoms with Crippen LogP contribution in [0.15, 0.2) is 131 Å². The summed E-state index contributed by atoms with van der Waals surface area (Å²) >= 11 is 0. The summed E-state index contributed by atoms with van der Waals surface area (Å²) in [7, 11) is -3.57. The predicted octanol–water partition coefficient (Wildman–Crippen LogP) is 7.11. The third kappa shape index (κ3) is 8.77. The Kier molecular flexibility index (Phi) is 13.0. The SMILES string of the molecule is CN(OC(=O)c1ccc(C(=O)O)c(C2=C3C=CC(=[N+]4CCC4)C=C3[Si](C)(C)c3cc(N4CC(C5C[N+](=C6C=CC7=C(c8cc(C(=O)O)ccc8C(=O)O)c8ccc(N9CCC9)cc8[Si](C)(C)C7=C6)C5)C4)ccc32)c1)C(=O)CCC=O. The maximum absolute atomic E-state index is 13.6. The molecule has 0 saturated carbocycles. The number of nitrogens with zero attached hydrogens (tertiary/aromatic N) is 5. The van der Waals surface area contributed by atoms with Gasteiger partial charge < -0.3 is 34.8 Å². The number of amides is 1. The second kappa shape index (κ2) is 19.8. The van der Waals surface area contributed by atoms with E-state index < -0.39 is 45.9 Å². The molecule has 8 aliphatic rings. The van der Waals surface area contributed by atoms with Gasteiger partial charge in [-0.1, -0.05) is 38.3 Å². The average molecular weight is 1110 g/mol. The number of carbonyl (C=O) groups excluding carboxylic acids is 3. The number of anilines is 2. The van der Waals surface area contributed by atoms with Crippen LogP contribution in [0.3, 0.4) is 0 Å². The number of hydrogen-bond donors (Lipinski definition) is 3. The van der Waals surface area contributed by atoms with Crippen molar-refractivity contribution < 1.29 is 58.1 Å². The first-order valence-electron chi connectivity index (χ1n) is 27.6. The Hall–Kier alpha value is -8.29. The maximum Gasteiger partial charge on any atom is 0.363 e. The lowest BCUT2D eigenvalue weighted by molar-refractivity contribution is -0.607. The molecule has 17 heteroatoms. The molecular formula is C63H63N5O10Si2+2. The monoisotopic (exact) mass is 1110 g/mol. The average Bonchev–Trinajstić information content (AvgIpc) is 3.58. The molecule has 0 radical (unpaired) electrons. The fourth-order valence-corrected chi connectivity index (χ4v) is 19.1. The summed E-state index contributed by atoms with van der Waals surface area (Å²) in [5.41, 5.74) is 10.8. The van der Waals surface area contributed by atoms with E-state index in [4.69, 9.17) is 4.84 Å². The summed E-state index contributed by atoms with van der Waals surface area (Å²) < 4.78 is 4.81. The van der Waals surface area contributed by atoms with E-state index in [-0.39, 0.29) is 35.1 Å². The Morgan fingerprint density at radius 2 is 1.15 bits per heavy atom. The summed E-state index contributed by atoms with van der Waals surface area (Å²) in [5.74, 6) is -3.78. The summed E-state index contributed by atoms with van der Waals surface area (Å²) in [5, 5.41) is 36.8. The van der Waals surface area contributed by atoms with Crippen LogP contribution in [0.5, 0.6) is 0 Å². The van der Waals surface area contributed by atoms with Crippen LogP contribution in [-0.2, 0) is 14.4 Å². The highest BCUT2D eigenvalue weighted by atomic mass is 28.3. The van der Waals surface area contributed by atoms with Crippen molar-refractivity contribution in [2.75, 3.05) is 69.2 Å². The summed E-state index contributed by atoms with van der Waals surface area (Å²) in [6.07, 6.45) is 15.8. The summed E-state index contributed by atoms with van der Waals surface area (Å²) in [6.45, 7) is 16.9. The molecule has 6 heterocycles. The predicted molar refractivity (Wildman–Crippen MR) is 311 cm³/mol. The number of aromatic carboxylic acids is 3. The van der Waals surface area contributed by atoms with E-state index in [1.165, 1.54) is 58.1 Å². The van der Waals surface area contributed by atoms with E-state index in [1.807, 2.05) is 0 Å². The zero-order chi connectivity index (χ0) is 56.1. The van der Waals surface area contributed by atoms with Crippen LogP contribution in [-0.4, -0.2) is 153 Å². The molecule has 0 unspecified atom stereocenters. The second-order valence-electron chi connectivity index (χ2n) is 23.3. The normalized spacial score (nSPS) is 20.2. The first kappa shape index (κ1) is 52.4. The Morgan fingerprint density at radius 1 is 0.625 bits per heavy atom. The lowest BCUT2D eigenvalue weighted by Gasteiger charge is -2.47. The lowest BCUT2D eigenvalue weighted by Crippen LogP contribution is -2.58. The van der Waals surface area contributed by atoms with Gasteiger partial charge in [-0.25, -0.2) is 28.3 Å². The molecule has 406 valence electrons. The molecule has 15 nitrogen and oxygen atoms in total. The van der Waals surface area contributed by atoms with Crippen LogP contribution in [0, 0.1) is 11.8 Å². The number of allylic oxidation sites excluding steroid dienone is 10. The third-order valence-corrected chi connectivity index (χ3v) is 25.1. The van der Waals surface area contributed by atoms with Crippen molar-refractivity contribution in [2.24, 2.45) is 11.8 Å². The van der Waals surface area contributed by atoms with Crippen molar-refractivity contribution >= 4 is 96.5 Å². The Balaban J connectivity index is 0.836. The zero-order valence-electron chi connectivity index (χ0n) is 45.5. The van der Waals surface area contributed by atoms with Gasteiger partial charge in [-0.3, -0.25) is 4.79 Å². The van der Waals surface area contributed by atoms with E-state index in [0.29, 0.717) is 29.2 Å². The number of hydrogen-bond acceptors (Lipinski definition) is 9. The molecule has 12 rings (SSSR count). The highest BCUT2D eigenvalue weighted by Crippen LogP contribution is 2.46. The van der Waals surface area contributed by atoms with E-state index >= 15 is 0 Å². The minimum atomic E-state index is -2.47. The molecule has 2 aliphatic carbocycles. The molecule has 80 heavy (non-hydrogen) atoms. The molecular weight excluding hydrogens is 1040 g/mol. The second-order valence-corrected chi connectivity index (χ2v) is 32.0. The molecule has 0 aromatic heterocycles. The number of carbonyl (C=O) groups is 6. The highest BCUT2D eigenvalue weighted by molar-refractivity contribution is 6.98. The fourth-order valence-electron chi connectivity index (χ4n) is 12.9. The number of benzene rings is 4. The van der Waals surface area contributed by atoms with Crippen LogP contribution in [0.2, 0.25) is 26.2 Å². The molecule has 0 spiro atoms. The molecule has 1 amide bonds. The van der Waals surface area contributed by atoms with Crippen molar-refractivity contribution in [1.82, 2.24) is 5.06 Å². The van der Waals surface area contributed by atoms with Gasteiger partial charge in [0, 0.05) is 87.7 Å². The van der Waals surface area contributed by atoms with Gasteiger partial charge in [0.05, 0.1) is 34.6 Å². The minimum Gasteiger partial charge on any atom is -0.478 e. The first-order valence-corrected chi connectivity index (χ1v) is 33.6. The van der Waals surface area contributed by atoms with Crippen molar-refractivity contribution in [1.29, 1.82) is 0 Å². The quantitative estimate of drug-likeness (QED) is 0.0566. The van der Waals surface area contributed by atoms with E-state index in [0.717, 1.165) is 126 Å². The van der Waals surface area contributed by atoms with Gasteiger partial charge >= 0.3 is 23.9 Å². The van der Waals surface area contributed by atoms with Crippen LogP contribution in [0.1, 0.15) is 89.4 Å². The fraction of sp³-hybridized carbons (Fsp3) is 0.302. The van der Waals surface area contributed by atoms with E-state index in [1.54, 1.807) is 6.07 Å². The molecule has 0 atom stereocenters. The van der Waals surface area contributed by atoms with Gasteiger partial charge in [-0.15, -0.1) is 0 Å². The number of fused-ring (bicyclic) bond motifs is 4. The first-order chi connectivity index (χ1) is 38.3. The molecule has 3 N–H and O–H groups in total. The van der Waals surface area contributed by atoms with Gasteiger partial charge in [0.15, 0.2) is 24.5 Å². The van der Waals surface area contributed by atoms with Gasteiger partial charge in [-0.05, 0) is 145 Å². The largest absolute Gasteiger partial charge is 0.478 e. The topological polar surface area (TPSA) is 188 Å². The summed E-state index contributed by atoms with van der Waals surface area (Å²) in [4.78, 5) is 85.6. The van der Waals surface area contributed by atoms with Crippen LogP contribution >= 0.6 is 0 Å². The Bertz CT molecular complexity index is 3740. The number of carboxylic acid groups (broad SMARTS) is 3. The molecule has 4 fully saturated rings. The Morgan fingerprint density at radius 3 is 1.64 bits per heavy atom. The van der Waals surface area contributed by atoms with Crippen molar-refractivity contribution in [3.8, 4) is 0 Å². The van der Waals surface area contributed by atoms with Gasteiger partial charge in [-0.2, -0.15) is 5.06 Å². The van der Waals surface area contributed by atoms with Crippen LogP contribution < -0.4 is 20.2 Å². The van der Waals surface area contributed by atoms with E-state index in [2.05, 4.69) is 118 Å². The number of carboxylic acids is 3. The van der Waals surface area contributed by atoms with Crippen LogP contribution in [0.4, 0.5) is 11.4 Å². The van der Waals surface area contributed by atoms with Crippen molar-refractivity contribution in [3.05, 3.63) is 175 Å². The van der Waals surface area contributed by atoms with Crippen molar-refractivity contribution in [2.45, 2.75) is 51.9 Å². The molecule has 4 aromatic carbocycles. The standard InChI is InChI=1S/C63H61N5O10Si2/c1-64(57(70)9-6-26-69)78-63(77)38-11-17-46(62(75)76)52(28-38)59-48-19-13-42(66-24-8-25-66)30-54(48)80(4,5)56-32-44(15-21-50(56)59)68-35-40(36-68)39-33-67(34-39)43-14-20-49-55(31-43)79(2,3)53-29-41(65-22-7-23-65)12-18-47(53)58(49)51-27-37(60(71)72)10-16-45(51)61(73)74/h10-21,26-32,39-40H,6-9,22-25,33-36H2,1-5H3,(H-2,71,72,73,74,75,76)/p+2. The summed E-state index contributed by atoms with van der Waals surface area (Å²) in [6, 6.07) is 21.8. The minimum absolute atomic E-state index is 0.0123. The zero-order valence-corrected chi connectivity index (χ0v) is 47.5. The van der Waals surface area contributed by atoms with Gasteiger partial charge in [0.1, 0.15) is 35.5 Å². The molecule has 4 aromatic rings. The van der Waals surface area contributed by atoms with E-state index in [9.17, 15) is 44.1 Å². The maximum atomic E-state index is 13.6. The molecule has 6 aliphatic heterocycles. The lowest BCUT2D eigenvalue weighted by atomic mass is 9.80. The number of aldehydes is 1. The molecule has 0 bridgehead atoms. The smallest absolute Gasteiger partial charge is 0.363 e. The number of hydroxylamine groups is 2. The molecule has 4 saturated heterocycles. The van der Waals surface area contributed by atoms with Gasteiger partial charge in [0.2, 0.25) is 0 Å². The number of rotatable bonds is 12. The van der Waals surface area contributed by atoms with Gasteiger partial charge in [0.25, 0.3) is 5.91 Å². The van der Waals surface area contributed by atoms with Crippen molar-refractivity contribution in [3.63, 3.8) is 0 Å². The van der Waals surface area contributed by atoms with Crippen LogP contribution in [0.25, 0.3) is 11.1 Å². The Labute approximate surface area is 465 Å².